The molecule has 1 N–H and O–H groups in total. The maximum absolute atomic E-state index is 5.60. The van der Waals surface area contributed by atoms with E-state index in [1.54, 1.807) is 0 Å². The number of piperazine rings is 1. The number of hydrogen-bond donors (Lipinski definition) is 1. The monoisotopic (exact) mass is 288 g/mol. The largest absolute Gasteiger partial charge is 0.379 e. The predicted octanol–water partition coefficient (Wildman–Crippen LogP) is 1.13. The minimum absolute atomic E-state index is 0.615. The molecular weight excluding hydrogens is 256 g/mol. The third-order valence-corrected chi connectivity index (χ3v) is 3.55. The molecule has 1 heterocycles. The van der Waals surface area contributed by atoms with E-state index in [1.807, 2.05) is 0 Å². The number of rotatable bonds is 12. The zero-order valence-electron chi connectivity index (χ0n) is 13.2. The molecule has 1 rings (SSSR count). The Hall–Kier alpha value is -0.200. The van der Waals surface area contributed by atoms with Crippen molar-refractivity contribution in [1.82, 2.24) is 10.2 Å². The number of nitrogens with zero attached hydrogens (tertiary/aromatic N) is 1. The molecule has 0 bridgehead atoms. The lowest BCUT2D eigenvalue weighted by Gasteiger charge is -2.33. The minimum atomic E-state index is 0.615. The van der Waals surface area contributed by atoms with E-state index in [0.29, 0.717) is 32.5 Å². The van der Waals surface area contributed by atoms with Crippen LogP contribution in [0.3, 0.4) is 0 Å². The van der Waals surface area contributed by atoms with E-state index in [1.165, 1.54) is 6.42 Å². The number of nitrogens with one attached hydrogen (secondary N) is 1. The highest BCUT2D eigenvalue weighted by Crippen LogP contribution is 2.01. The molecule has 1 fully saturated rings. The van der Waals surface area contributed by atoms with E-state index in [9.17, 15) is 0 Å². The van der Waals surface area contributed by atoms with Crippen LogP contribution in [0.25, 0.3) is 0 Å². The molecule has 5 nitrogen and oxygen atoms in total. The topological polar surface area (TPSA) is 43.0 Å². The molecule has 0 amide bonds. The SMILES string of the molecule is CCCCOCCOCCOCCN1CCNC[C@@H]1C. The van der Waals surface area contributed by atoms with E-state index < -0.39 is 0 Å². The van der Waals surface area contributed by atoms with Gasteiger partial charge in [0.25, 0.3) is 0 Å². The highest BCUT2D eigenvalue weighted by Gasteiger charge is 2.16. The second kappa shape index (κ2) is 12.5. The van der Waals surface area contributed by atoms with E-state index in [4.69, 9.17) is 14.2 Å². The van der Waals surface area contributed by atoms with Crippen LogP contribution in [-0.2, 0) is 14.2 Å². The average molecular weight is 288 g/mol. The van der Waals surface area contributed by atoms with Crippen LogP contribution in [0, 0.1) is 0 Å². The van der Waals surface area contributed by atoms with Gasteiger partial charge in [0.05, 0.1) is 33.0 Å². The molecule has 1 aliphatic heterocycles. The van der Waals surface area contributed by atoms with Gasteiger partial charge in [-0.1, -0.05) is 13.3 Å². The lowest BCUT2D eigenvalue weighted by molar-refractivity contribution is 0.00735. The van der Waals surface area contributed by atoms with Crippen molar-refractivity contribution in [2.45, 2.75) is 32.7 Å². The quantitative estimate of drug-likeness (QED) is 0.545. The fraction of sp³-hybridized carbons (Fsp3) is 1.00. The Labute approximate surface area is 123 Å². The Morgan fingerprint density at radius 3 is 2.30 bits per heavy atom. The van der Waals surface area contributed by atoms with Gasteiger partial charge in [-0.15, -0.1) is 0 Å². The van der Waals surface area contributed by atoms with Gasteiger partial charge >= 0.3 is 0 Å². The Kier molecular flexibility index (Phi) is 11.2. The normalized spacial score (nSPS) is 20.4. The molecule has 5 heteroatoms. The maximum Gasteiger partial charge on any atom is 0.0701 e. The second-order valence-corrected chi connectivity index (χ2v) is 5.28. The minimum Gasteiger partial charge on any atom is -0.379 e. The fourth-order valence-electron chi connectivity index (χ4n) is 2.19. The van der Waals surface area contributed by atoms with Gasteiger partial charge in [-0.05, 0) is 13.3 Å². The lowest BCUT2D eigenvalue weighted by Crippen LogP contribution is -2.50. The molecule has 1 saturated heterocycles. The highest BCUT2D eigenvalue weighted by molar-refractivity contribution is 4.75. The van der Waals surface area contributed by atoms with Crippen LogP contribution in [-0.4, -0.2) is 76.8 Å². The number of ether oxygens (including phenoxy) is 3. The van der Waals surface area contributed by atoms with Gasteiger partial charge in [0.2, 0.25) is 0 Å². The van der Waals surface area contributed by atoms with Gasteiger partial charge in [0, 0.05) is 38.8 Å². The van der Waals surface area contributed by atoms with E-state index in [-0.39, 0.29) is 0 Å². The molecule has 0 unspecified atom stereocenters. The van der Waals surface area contributed by atoms with Crippen molar-refractivity contribution in [3.63, 3.8) is 0 Å². The lowest BCUT2D eigenvalue weighted by atomic mass is 10.2. The maximum atomic E-state index is 5.60. The average Bonchev–Trinajstić information content (AvgIpc) is 2.46. The summed E-state index contributed by atoms with van der Waals surface area (Å²) in [5.41, 5.74) is 0. The highest BCUT2D eigenvalue weighted by atomic mass is 16.5. The van der Waals surface area contributed by atoms with E-state index in [0.717, 1.165) is 45.8 Å². The number of unbranched alkanes of at least 4 members (excludes halogenated alkanes) is 1. The second-order valence-electron chi connectivity index (χ2n) is 5.28. The van der Waals surface area contributed by atoms with E-state index >= 15 is 0 Å². The zero-order valence-corrected chi connectivity index (χ0v) is 13.2. The van der Waals surface area contributed by atoms with Crippen molar-refractivity contribution in [1.29, 1.82) is 0 Å². The van der Waals surface area contributed by atoms with Crippen molar-refractivity contribution in [2.75, 3.05) is 65.8 Å². The Balaban J connectivity index is 1.78. The molecule has 1 atom stereocenters. The van der Waals surface area contributed by atoms with Gasteiger partial charge in [0.1, 0.15) is 0 Å². The summed E-state index contributed by atoms with van der Waals surface area (Å²) in [6.07, 6.45) is 2.31. The fourth-order valence-corrected chi connectivity index (χ4v) is 2.19. The van der Waals surface area contributed by atoms with Crippen LogP contribution >= 0.6 is 0 Å². The zero-order chi connectivity index (χ0) is 14.5. The molecule has 0 saturated carbocycles. The number of hydrogen-bond acceptors (Lipinski definition) is 5. The van der Waals surface area contributed by atoms with Crippen molar-refractivity contribution in [3.8, 4) is 0 Å². The van der Waals surface area contributed by atoms with Gasteiger partial charge in [-0.2, -0.15) is 0 Å². The molecule has 120 valence electrons. The predicted molar refractivity (Wildman–Crippen MR) is 81.3 cm³/mol. The summed E-state index contributed by atoms with van der Waals surface area (Å²) in [6.45, 7) is 13.1. The molecule has 0 spiro atoms. The van der Waals surface area contributed by atoms with Gasteiger partial charge in [-0.25, -0.2) is 0 Å². The summed E-state index contributed by atoms with van der Waals surface area (Å²) < 4.78 is 16.5. The molecule has 0 aliphatic carbocycles. The Bertz CT molecular complexity index is 217. The van der Waals surface area contributed by atoms with Crippen molar-refractivity contribution in [2.24, 2.45) is 0 Å². The van der Waals surface area contributed by atoms with Crippen molar-refractivity contribution in [3.05, 3.63) is 0 Å². The molecule has 0 aromatic heterocycles. The summed E-state index contributed by atoms with van der Waals surface area (Å²) in [5, 5.41) is 3.39. The van der Waals surface area contributed by atoms with Crippen LogP contribution < -0.4 is 5.32 Å². The molecule has 20 heavy (non-hydrogen) atoms. The van der Waals surface area contributed by atoms with Crippen LogP contribution in [0.15, 0.2) is 0 Å². The molecular formula is C15H32N2O3. The van der Waals surface area contributed by atoms with Crippen LogP contribution in [0.5, 0.6) is 0 Å². The summed E-state index contributed by atoms with van der Waals surface area (Å²) in [4.78, 5) is 2.47. The third-order valence-electron chi connectivity index (χ3n) is 3.55. The first-order valence-electron chi connectivity index (χ1n) is 8.02. The first-order chi connectivity index (χ1) is 9.84. The first-order valence-corrected chi connectivity index (χ1v) is 8.02. The standard InChI is InChI=1S/C15H32N2O3/c1-3-4-8-18-10-12-20-13-11-19-9-7-17-6-5-16-14-15(17)2/h15-16H,3-14H2,1-2H3/t15-/m0/s1. The third kappa shape index (κ3) is 8.87. The Morgan fingerprint density at radius 2 is 1.65 bits per heavy atom. The molecule has 0 aromatic rings. The van der Waals surface area contributed by atoms with Crippen LogP contribution in [0.2, 0.25) is 0 Å². The van der Waals surface area contributed by atoms with Gasteiger partial charge < -0.3 is 19.5 Å². The van der Waals surface area contributed by atoms with Crippen molar-refractivity contribution >= 4 is 0 Å². The first kappa shape index (κ1) is 17.9. The van der Waals surface area contributed by atoms with Gasteiger partial charge in [-0.3, -0.25) is 4.90 Å². The Morgan fingerprint density at radius 1 is 1.00 bits per heavy atom. The van der Waals surface area contributed by atoms with Crippen LogP contribution in [0.1, 0.15) is 26.7 Å². The summed E-state index contributed by atoms with van der Waals surface area (Å²) >= 11 is 0. The summed E-state index contributed by atoms with van der Waals surface area (Å²) in [7, 11) is 0. The van der Waals surface area contributed by atoms with Crippen molar-refractivity contribution < 1.29 is 14.2 Å². The van der Waals surface area contributed by atoms with Gasteiger partial charge in [0.15, 0.2) is 0 Å². The molecule has 0 radical (unpaired) electrons. The molecule has 0 aromatic carbocycles. The van der Waals surface area contributed by atoms with Crippen LogP contribution in [0.4, 0.5) is 0 Å². The summed E-state index contributed by atoms with van der Waals surface area (Å²) in [6, 6.07) is 0.615. The molecule has 1 aliphatic rings. The smallest absolute Gasteiger partial charge is 0.0701 e. The van der Waals surface area contributed by atoms with E-state index in [2.05, 4.69) is 24.1 Å². The summed E-state index contributed by atoms with van der Waals surface area (Å²) in [5.74, 6) is 0.